The van der Waals surface area contributed by atoms with Crippen molar-refractivity contribution in [2.24, 2.45) is 0 Å². The van der Waals surface area contributed by atoms with Crippen LogP contribution in [0.1, 0.15) is 24.0 Å². The van der Waals surface area contributed by atoms with Gasteiger partial charge in [0, 0.05) is 38.4 Å². The fourth-order valence-corrected chi connectivity index (χ4v) is 3.37. The van der Waals surface area contributed by atoms with Gasteiger partial charge in [0.15, 0.2) is 0 Å². The van der Waals surface area contributed by atoms with E-state index in [1.807, 2.05) is 0 Å². The number of hydrogen-bond donors (Lipinski definition) is 1. The summed E-state index contributed by atoms with van der Waals surface area (Å²) < 4.78 is 0. The third-order valence-corrected chi connectivity index (χ3v) is 4.58. The van der Waals surface area contributed by atoms with Crippen molar-refractivity contribution in [2.45, 2.75) is 31.8 Å². The molecule has 1 aromatic rings. The van der Waals surface area contributed by atoms with E-state index >= 15 is 0 Å². The van der Waals surface area contributed by atoms with E-state index in [2.05, 4.69) is 47.4 Å². The van der Waals surface area contributed by atoms with E-state index in [1.54, 1.807) is 0 Å². The summed E-state index contributed by atoms with van der Waals surface area (Å²) in [6, 6.07) is 7.74. The number of hydrogen-bond acceptors (Lipinski definition) is 3. The van der Waals surface area contributed by atoms with E-state index in [-0.39, 0.29) is 0 Å². The summed E-state index contributed by atoms with van der Waals surface area (Å²) in [5.41, 5.74) is 4.42. The van der Waals surface area contributed by atoms with Gasteiger partial charge in [0.05, 0.1) is 0 Å². The zero-order valence-electron chi connectivity index (χ0n) is 12.2. The van der Waals surface area contributed by atoms with Crippen LogP contribution in [0.5, 0.6) is 0 Å². The number of likely N-dealkylation sites (N-methyl/N-ethyl adjacent to an activating group) is 1. The predicted molar refractivity (Wildman–Crippen MR) is 80.8 cm³/mol. The summed E-state index contributed by atoms with van der Waals surface area (Å²) in [7, 11) is 4.46. The van der Waals surface area contributed by atoms with Gasteiger partial charge in [-0.25, -0.2) is 0 Å². The lowest BCUT2D eigenvalue weighted by Crippen LogP contribution is -2.33. The number of fused-ring (bicyclic) bond motifs is 1. The summed E-state index contributed by atoms with van der Waals surface area (Å²) in [5.74, 6) is 0. The molecule has 1 N–H and O–H groups in total. The first kappa shape index (κ1) is 12.9. The van der Waals surface area contributed by atoms with Crippen LogP contribution in [0.3, 0.4) is 0 Å². The molecule has 0 aromatic heterocycles. The van der Waals surface area contributed by atoms with Crippen molar-refractivity contribution in [3.63, 3.8) is 0 Å². The minimum Gasteiger partial charge on any atom is -0.374 e. The molecule has 1 saturated heterocycles. The molecule has 104 valence electrons. The Morgan fingerprint density at radius 2 is 2.32 bits per heavy atom. The van der Waals surface area contributed by atoms with Gasteiger partial charge in [-0.1, -0.05) is 12.1 Å². The van der Waals surface area contributed by atoms with Crippen LogP contribution >= 0.6 is 0 Å². The largest absolute Gasteiger partial charge is 0.374 e. The Morgan fingerprint density at radius 3 is 3.11 bits per heavy atom. The summed E-state index contributed by atoms with van der Waals surface area (Å²) in [4.78, 5) is 4.88. The molecule has 0 bridgehead atoms. The zero-order valence-corrected chi connectivity index (χ0v) is 12.2. The van der Waals surface area contributed by atoms with Gasteiger partial charge in [-0.05, 0) is 50.0 Å². The third-order valence-electron chi connectivity index (χ3n) is 4.58. The van der Waals surface area contributed by atoms with Crippen LogP contribution in [0, 0.1) is 0 Å². The quantitative estimate of drug-likeness (QED) is 0.894. The van der Waals surface area contributed by atoms with E-state index in [1.165, 1.54) is 49.2 Å². The monoisotopic (exact) mass is 259 g/mol. The lowest BCUT2D eigenvalue weighted by molar-refractivity contribution is 0.249. The van der Waals surface area contributed by atoms with Crippen LogP contribution in [0.15, 0.2) is 18.2 Å². The maximum atomic E-state index is 3.45. The second kappa shape index (κ2) is 5.51. The Morgan fingerprint density at radius 1 is 1.42 bits per heavy atom. The molecular weight excluding hydrogens is 234 g/mol. The first-order chi connectivity index (χ1) is 9.24. The van der Waals surface area contributed by atoms with E-state index in [0.29, 0.717) is 6.04 Å². The normalized spacial score (nSPS) is 22.9. The molecule has 2 heterocycles. The molecule has 0 spiro atoms. The number of anilines is 1. The van der Waals surface area contributed by atoms with Crippen molar-refractivity contribution in [3.8, 4) is 0 Å². The smallest absolute Gasteiger partial charge is 0.0396 e. The van der Waals surface area contributed by atoms with Crippen molar-refractivity contribution in [1.82, 2.24) is 10.2 Å². The van der Waals surface area contributed by atoms with Gasteiger partial charge < -0.3 is 10.2 Å². The van der Waals surface area contributed by atoms with E-state index in [9.17, 15) is 0 Å². The van der Waals surface area contributed by atoms with Crippen LogP contribution in [-0.4, -0.2) is 44.7 Å². The molecule has 2 aliphatic rings. The molecule has 1 unspecified atom stereocenters. The lowest BCUT2D eigenvalue weighted by Gasteiger charge is -2.29. The zero-order chi connectivity index (χ0) is 13.2. The molecule has 3 heteroatoms. The van der Waals surface area contributed by atoms with Crippen LogP contribution < -0.4 is 10.2 Å². The molecule has 1 fully saturated rings. The highest BCUT2D eigenvalue weighted by Crippen LogP contribution is 2.27. The van der Waals surface area contributed by atoms with Crippen LogP contribution in [0.4, 0.5) is 5.69 Å². The molecule has 3 nitrogen and oxygen atoms in total. The predicted octanol–water partition coefficient (Wildman–Crippen LogP) is 1.86. The standard InChI is InChI=1S/C16H25N3/c1-18-9-3-4-14-10-13(5-6-16(14)18)12-19(2)15-7-8-17-11-15/h5-6,10,15,17H,3-4,7-9,11-12H2,1-2H3. The average Bonchev–Trinajstić information content (AvgIpc) is 2.93. The van der Waals surface area contributed by atoms with Gasteiger partial charge in [0.2, 0.25) is 0 Å². The van der Waals surface area contributed by atoms with Crippen LogP contribution in [0.25, 0.3) is 0 Å². The van der Waals surface area contributed by atoms with Gasteiger partial charge in [0.1, 0.15) is 0 Å². The Balaban J connectivity index is 1.71. The molecule has 0 saturated carbocycles. The highest BCUT2D eigenvalue weighted by atomic mass is 15.2. The second-order valence-corrected chi connectivity index (χ2v) is 6.05. The minimum absolute atomic E-state index is 0.707. The summed E-state index contributed by atoms with van der Waals surface area (Å²) in [5, 5.41) is 3.45. The van der Waals surface area contributed by atoms with Crippen molar-refractivity contribution >= 4 is 5.69 Å². The Labute approximate surface area is 116 Å². The van der Waals surface area contributed by atoms with Crippen LogP contribution in [0.2, 0.25) is 0 Å². The SMILES string of the molecule is CN1CCCc2cc(CN(C)C3CCNC3)ccc21. The molecule has 19 heavy (non-hydrogen) atoms. The molecule has 0 radical (unpaired) electrons. The molecular formula is C16H25N3. The Bertz CT molecular complexity index is 438. The third kappa shape index (κ3) is 2.77. The van der Waals surface area contributed by atoms with Gasteiger partial charge >= 0.3 is 0 Å². The molecule has 2 aliphatic heterocycles. The maximum Gasteiger partial charge on any atom is 0.0396 e. The molecule has 3 rings (SSSR count). The van der Waals surface area contributed by atoms with Crippen molar-refractivity contribution < 1.29 is 0 Å². The number of nitrogens with one attached hydrogen (secondary N) is 1. The van der Waals surface area contributed by atoms with Gasteiger partial charge in [0.25, 0.3) is 0 Å². The summed E-state index contributed by atoms with van der Waals surface area (Å²) in [6.07, 6.45) is 3.81. The molecule has 1 atom stereocenters. The van der Waals surface area contributed by atoms with Gasteiger partial charge in [-0.2, -0.15) is 0 Å². The van der Waals surface area contributed by atoms with Gasteiger partial charge in [-0.3, -0.25) is 4.90 Å². The number of benzene rings is 1. The second-order valence-electron chi connectivity index (χ2n) is 6.05. The van der Waals surface area contributed by atoms with Gasteiger partial charge in [-0.15, -0.1) is 0 Å². The minimum atomic E-state index is 0.707. The first-order valence-corrected chi connectivity index (χ1v) is 7.48. The van der Waals surface area contributed by atoms with E-state index in [4.69, 9.17) is 0 Å². The molecule has 1 aromatic carbocycles. The highest BCUT2D eigenvalue weighted by Gasteiger charge is 2.20. The van der Waals surface area contributed by atoms with E-state index < -0.39 is 0 Å². The number of nitrogens with zero attached hydrogens (tertiary/aromatic N) is 2. The Kier molecular flexibility index (Phi) is 3.76. The number of aryl methyl sites for hydroxylation is 1. The fraction of sp³-hybridized carbons (Fsp3) is 0.625. The highest BCUT2D eigenvalue weighted by molar-refractivity contribution is 5.56. The maximum absolute atomic E-state index is 3.45. The van der Waals surface area contributed by atoms with Crippen molar-refractivity contribution in [1.29, 1.82) is 0 Å². The number of rotatable bonds is 3. The van der Waals surface area contributed by atoms with Crippen molar-refractivity contribution in [3.05, 3.63) is 29.3 Å². The molecule has 0 amide bonds. The fourth-order valence-electron chi connectivity index (χ4n) is 3.37. The lowest BCUT2D eigenvalue weighted by atomic mass is 9.99. The first-order valence-electron chi connectivity index (χ1n) is 7.48. The van der Waals surface area contributed by atoms with Crippen LogP contribution in [-0.2, 0) is 13.0 Å². The summed E-state index contributed by atoms with van der Waals surface area (Å²) in [6.45, 7) is 4.58. The van der Waals surface area contributed by atoms with E-state index in [0.717, 1.165) is 13.1 Å². The molecule has 0 aliphatic carbocycles. The average molecular weight is 259 g/mol. The Hall–Kier alpha value is -1.06. The summed E-state index contributed by atoms with van der Waals surface area (Å²) >= 11 is 0. The van der Waals surface area contributed by atoms with Crippen molar-refractivity contribution in [2.75, 3.05) is 38.6 Å². The topological polar surface area (TPSA) is 18.5 Å².